The standard InChI is InChI=1S/C16H23BrN2/c1-11(2)18-9-13-8-14(17)4-6-16(13)19-10-12-3-5-15(19)7-12/h4,6,8,11-12,15,18H,3,5,7,9-10H2,1-2H3. The molecule has 1 aromatic rings. The van der Waals surface area contributed by atoms with Crippen molar-refractivity contribution in [2.24, 2.45) is 5.92 Å². The predicted molar refractivity (Wildman–Crippen MR) is 84.6 cm³/mol. The van der Waals surface area contributed by atoms with Crippen molar-refractivity contribution in [3.8, 4) is 0 Å². The molecule has 1 aromatic carbocycles. The molecule has 104 valence electrons. The lowest BCUT2D eigenvalue weighted by Gasteiger charge is -2.31. The molecule has 1 N–H and O–H groups in total. The van der Waals surface area contributed by atoms with Gasteiger partial charge >= 0.3 is 0 Å². The van der Waals surface area contributed by atoms with Crippen molar-refractivity contribution < 1.29 is 0 Å². The SMILES string of the molecule is CC(C)NCc1cc(Br)ccc1N1CC2CCC1C2. The van der Waals surface area contributed by atoms with Crippen LogP contribution in [-0.4, -0.2) is 18.6 Å². The first-order valence-electron chi connectivity index (χ1n) is 7.42. The second-order valence-electron chi connectivity index (χ2n) is 6.29. The van der Waals surface area contributed by atoms with Gasteiger partial charge in [0.2, 0.25) is 0 Å². The highest BCUT2D eigenvalue weighted by atomic mass is 79.9. The number of hydrogen-bond acceptors (Lipinski definition) is 2. The molecule has 2 atom stereocenters. The maximum Gasteiger partial charge on any atom is 0.0415 e. The lowest BCUT2D eigenvalue weighted by molar-refractivity contribution is 0.548. The van der Waals surface area contributed by atoms with Gasteiger partial charge < -0.3 is 10.2 Å². The van der Waals surface area contributed by atoms with Gasteiger partial charge in [-0.1, -0.05) is 29.8 Å². The monoisotopic (exact) mass is 322 g/mol. The molecular weight excluding hydrogens is 300 g/mol. The van der Waals surface area contributed by atoms with Crippen molar-refractivity contribution >= 4 is 21.6 Å². The van der Waals surface area contributed by atoms with Gasteiger partial charge in [0.15, 0.2) is 0 Å². The summed E-state index contributed by atoms with van der Waals surface area (Å²) in [6.07, 6.45) is 4.24. The smallest absolute Gasteiger partial charge is 0.0415 e. The van der Waals surface area contributed by atoms with Crippen LogP contribution in [0.3, 0.4) is 0 Å². The van der Waals surface area contributed by atoms with E-state index in [2.05, 4.69) is 58.2 Å². The Kier molecular flexibility index (Phi) is 3.86. The normalized spacial score (nSPS) is 25.6. The Balaban J connectivity index is 1.83. The molecule has 2 unspecified atom stereocenters. The Bertz CT molecular complexity index is 458. The van der Waals surface area contributed by atoms with E-state index in [0.717, 1.165) is 18.5 Å². The van der Waals surface area contributed by atoms with E-state index in [0.29, 0.717) is 6.04 Å². The van der Waals surface area contributed by atoms with Crippen LogP contribution in [0, 0.1) is 5.92 Å². The number of nitrogens with zero attached hydrogens (tertiary/aromatic N) is 1. The molecule has 0 radical (unpaired) electrons. The van der Waals surface area contributed by atoms with Gasteiger partial charge in [0.25, 0.3) is 0 Å². The summed E-state index contributed by atoms with van der Waals surface area (Å²) in [5.74, 6) is 0.944. The van der Waals surface area contributed by atoms with Crippen LogP contribution in [0.5, 0.6) is 0 Å². The van der Waals surface area contributed by atoms with E-state index in [4.69, 9.17) is 0 Å². The second-order valence-corrected chi connectivity index (χ2v) is 7.21. The van der Waals surface area contributed by atoms with E-state index in [1.54, 1.807) is 0 Å². The fraction of sp³-hybridized carbons (Fsp3) is 0.625. The summed E-state index contributed by atoms with van der Waals surface area (Å²) in [6.45, 7) is 6.63. The second kappa shape index (κ2) is 5.45. The number of benzene rings is 1. The molecule has 3 rings (SSSR count). The Morgan fingerprint density at radius 1 is 1.37 bits per heavy atom. The fourth-order valence-electron chi connectivity index (χ4n) is 3.51. The first-order valence-corrected chi connectivity index (χ1v) is 8.21. The molecule has 2 aliphatic rings. The average Bonchev–Trinajstić information content (AvgIpc) is 2.98. The van der Waals surface area contributed by atoms with Crippen LogP contribution in [-0.2, 0) is 6.54 Å². The minimum absolute atomic E-state index is 0.530. The maximum absolute atomic E-state index is 3.61. The Morgan fingerprint density at radius 3 is 2.84 bits per heavy atom. The van der Waals surface area contributed by atoms with E-state index >= 15 is 0 Å². The summed E-state index contributed by atoms with van der Waals surface area (Å²) >= 11 is 3.61. The largest absolute Gasteiger partial charge is 0.368 e. The molecule has 2 nitrogen and oxygen atoms in total. The summed E-state index contributed by atoms with van der Waals surface area (Å²) in [5.41, 5.74) is 2.87. The number of halogens is 1. The summed E-state index contributed by atoms with van der Waals surface area (Å²) in [4.78, 5) is 2.65. The fourth-order valence-corrected chi connectivity index (χ4v) is 3.92. The van der Waals surface area contributed by atoms with Crippen LogP contribution < -0.4 is 10.2 Å². The number of fused-ring (bicyclic) bond motifs is 2. The van der Waals surface area contributed by atoms with Crippen LogP contribution in [0.1, 0.15) is 38.7 Å². The minimum atomic E-state index is 0.530. The van der Waals surface area contributed by atoms with Gasteiger partial charge in [-0.25, -0.2) is 0 Å². The van der Waals surface area contributed by atoms with Gasteiger partial charge in [-0.05, 0) is 48.9 Å². The predicted octanol–water partition coefficient (Wildman–Crippen LogP) is 3.94. The van der Waals surface area contributed by atoms with Crippen LogP contribution in [0.4, 0.5) is 5.69 Å². The van der Waals surface area contributed by atoms with E-state index in [1.165, 1.54) is 41.5 Å². The zero-order valence-corrected chi connectivity index (χ0v) is 13.4. The third kappa shape index (κ3) is 2.82. The number of hydrogen-bond donors (Lipinski definition) is 1. The third-order valence-electron chi connectivity index (χ3n) is 4.46. The van der Waals surface area contributed by atoms with Crippen molar-refractivity contribution in [3.05, 3.63) is 28.2 Å². The minimum Gasteiger partial charge on any atom is -0.368 e. The molecule has 3 heteroatoms. The summed E-state index contributed by atoms with van der Waals surface area (Å²) < 4.78 is 1.18. The van der Waals surface area contributed by atoms with E-state index in [1.807, 2.05) is 0 Å². The van der Waals surface area contributed by atoms with E-state index < -0.39 is 0 Å². The first-order chi connectivity index (χ1) is 9.13. The van der Waals surface area contributed by atoms with Gasteiger partial charge in [0, 0.05) is 35.3 Å². The van der Waals surface area contributed by atoms with Crippen LogP contribution in [0.25, 0.3) is 0 Å². The van der Waals surface area contributed by atoms with Crippen molar-refractivity contribution in [1.29, 1.82) is 0 Å². The van der Waals surface area contributed by atoms with E-state index in [-0.39, 0.29) is 0 Å². The number of anilines is 1. The van der Waals surface area contributed by atoms with Gasteiger partial charge in [0.1, 0.15) is 0 Å². The molecule has 2 bridgehead atoms. The van der Waals surface area contributed by atoms with Gasteiger partial charge in [-0.15, -0.1) is 0 Å². The highest BCUT2D eigenvalue weighted by Gasteiger charge is 2.38. The van der Waals surface area contributed by atoms with Crippen LogP contribution in [0.2, 0.25) is 0 Å². The zero-order valence-electron chi connectivity index (χ0n) is 11.8. The van der Waals surface area contributed by atoms with Gasteiger partial charge in [0.05, 0.1) is 0 Å². The van der Waals surface area contributed by atoms with E-state index in [9.17, 15) is 0 Å². The summed E-state index contributed by atoms with van der Waals surface area (Å²) in [5, 5.41) is 3.55. The third-order valence-corrected chi connectivity index (χ3v) is 4.95. The molecule has 0 aromatic heterocycles. The van der Waals surface area contributed by atoms with Gasteiger partial charge in [-0.2, -0.15) is 0 Å². The summed E-state index contributed by atoms with van der Waals surface area (Å²) in [6, 6.07) is 8.07. The molecule has 0 amide bonds. The topological polar surface area (TPSA) is 15.3 Å². The molecule has 2 fully saturated rings. The highest BCUT2D eigenvalue weighted by Crippen LogP contribution is 2.41. The average molecular weight is 323 g/mol. The van der Waals surface area contributed by atoms with Crippen molar-refractivity contribution in [1.82, 2.24) is 5.32 Å². The lowest BCUT2D eigenvalue weighted by Crippen LogP contribution is -2.33. The summed E-state index contributed by atoms with van der Waals surface area (Å²) in [7, 11) is 0. The van der Waals surface area contributed by atoms with Crippen molar-refractivity contribution in [2.45, 2.75) is 51.7 Å². The first kappa shape index (κ1) is 13.4. The highest BCUT2D eigenvalue weighted by molar-refractivity contribution is 9.10. The molecule has 1 saturated carbocycles. The molecule has 1 saturated heterocycles. The van der Waals surface area contributed by atoms with Crippen molar-refractivity contribution in [3.63, 3.8) is 0 Å². The lowest BCUT2D eigenvalue weighted by atomic mass is 10.1. The van der Waals surface area contributed by atoms with Crippen molar-refractivity contribution in [2.75, 3.05) is 11.4 Å². The molecule has 1 heterocycles. The Labute approximate surface area is 124 Å². The quantitative estimate of drug-likeness (QED) is 0.903. The molecule has 1 aliphatic heterocycles. The molecular formula is C16H23BrN2. The van der Waals surface area contributed by atoms with Gasteiger partial charge in [-0.3, -0.25) is 0 Å². The number of rotatable bonds is 4. The zero-order chi connectivity index (χ0) is 13.4. The van der Waals surface area contributed by atoms with Crippen LogP contribution >= 0.6 is 15.9 Å². The maximum atomic E-state index is 3.61. The van der Waals surface area contributed by atoms with Crippen LogP contribution in [0.15, 0.2) is 22.7 Å². The molecule has 0 spiro atoms. The number of piperidine rings is 1. The Morgan fingerprint density at radius 2 is 2.21 bits per heavy atom. The molecule has 19 heavy (non-hydrogen) atoms. The number of nitrogens with one attached hydrogen (secondary N) is 1. The molecule has 1 aliphatic carbocycles. The Hall–Kier alpha value is -0.540.